The second kappa shape index (κ2) is 12.3. The Kier molecular flexibility index (Phi) is 9.45. The van der Waals surface area contributed by atoms with Gasteiger partial charge >= 0.3 is 6.09 Å². The number of aryl methyl sites for hydroxylation is 1. The first-order valence-corrected chi connectivity index (χ1v) is 12.9. The topological polar surface area (TPSA) is 49.8 Å². The van der Waals surface area contributed by atoms with Gasteiger partial charge in [0.25, 0.3) is 0 Å². The normalized spacial score (nSPS) is 17.6. The molecule has 0 bridgehead atoms. The van der Waals surface area contributed by atoms with E-state index in [1.807, 2.05) is 43.3 Å². The molecule has 0 radical (unpaired) electrons. The summed E-state index contributed by atoms with van der Waals surface area (Å²) in [5.74, 6) is 0.714. The first kappa shape index (κ1) is 26.9. The second-order valence-corrected chi connectivity index (χ2v) is 10.3. The second-order valence-electron chi connectivity index (χ2n) is 9.86. The van der Waals surface area contributed by atoms with Crippen molar-refractivity contribution in [3.05, 3.63) is 81.9 Å². The molecule has 0 aliphatic heterocycles. The molecule has 4 nitrogen and oxygen atoms in total. The van der Waals surface area contributed by atoms with Gasteiger partial charge in [-0.15, -0.1) is 0 Å². The molecule has 0 saturated carbocycles. The van der Waals surface area contributed by atoms with Gasteiger partial charge in [0.2, 0.25) is 0 Å². The Labute approximate surface area is 215 Å². The standard InChI is InChI=1S/C30H38ClNO3/c1-6-7-8-9-23-17-27(33)29(26-16-21(4)10-15-25(26)20(2)3)28(18-23)35-30(34)32(5)19-22-11-13-24(31)14-12-22/h11-14,16-18,25-26,33H,2,6-10,15,19H2,1,3-5H3/t25-,26+/m0/s1. The van der Waals surface area contributed by atoms with Crippen molar-refractivity contribution < 1.29 is 14.6 Å². The molecule has 2 aromatic rings. The van der Waals surface area contributed by atoms with Crippen molar-refractivity contribution in [3.8, 4) is 11.5 Å². The third-order valence-electron chi connectivity index (χ3n) is 6.80. The van der Waals surface area contributed by atoms with Crippen molar-refractivity contribution in [1.29, 1.82) is 0 Å². The largest absolute Gasteiger partial charge is 0.507 e. The molecule has 1 amide bonds. The molecule has 5 heteroatoms. The molecular weight excluding hydrogens is 458 g/mol. The average molecular weight is 496 g/mol. The number of carbonyl (C=O) groups is 1. The van der Waals surface area contributed by atoms with Crippen LogP contribution in [0.3, 0.4) is 0 Å². The highest BCUT2D eigenvalue weighted by Gasteiger charge is 2.31. The number of hydrogen-bond acceptors (Lipinski definition) is 3. The molecule has 0 fully saturated rings. The van der Waals surface area contributed by atoms with Gasteiger partial charge in [-0.2, -0.15) is 0 Å². The summed E-state index contributed by atoms with van der Waals surface area (Å²) in [6.45, 7) is 10.9. The summed E-state index contributed by atoms with van der Waals surface area (Å²) in [7, 11) is 1.71. The van der Waals surface area contributed by atoms with Crippen LogP contribution in [0.1, 0.15) is 75.5 Å². The van der Waals surface area contributed by atoms with E-state index in [4.69, 9.17) is 16.3 Å². The van der Waals surface area contributed by atoms with Crippen LogP contribution < -0.4 is 4.74 Å². The predicted octanol–water partition coefficient (Wildman–Crippen LogP) is 8.43. The summed E-state index contributed by atoms with van der Waals surface area (Å²) in [5.41, 5.74) is 4.95. The molecule has 1 aliphatic carbocycles. The molecule has 0 heterocycles. The number of aromatic hydroxyl groups is 1. The highest BCUT2D eigenvalue weighted by Crippen LogP contribution is 2.47. The maximum atomic E-state index is 13.1. The summed E-state index contributed by atoms with van der Waals surface area (Å²) in [6, 6.07) is 11.2. The van der Waals surface area contributed by atoms with Crippen LogP contribution in [0, 0.1) is 5.92 Å². The van der Waals surface area contributed by atoms with Gasteiger partial charge in [0.15, 0.2) is 0 Å². The number of unbranched alkanes of at least 4 members (excludes halogenated alkanes) is 2. The van der Waals surface area contributed by atoms with E-state index in [0.29, 0.717) is 22.9 Å². The van der Waals surface area contributed by atoms with E-state index in [-0.39, 0.29) is 17.6 Å². The number of halogens is 1. The van der Waals surface area contributed by atoms with Crippen LogP contribution in [-0.4, -0.2) is 23.1 Å². The fourth-order valence-corrected chi connectivity index (χ4v) is 4.94. The van der Waals surface area contributed by atoms with Gasteiger partial charge in [-0.25, -0.2) is 4.79 Å². The lowest BCUT2D eigenvalue weighted by Gasteiger charge is -2.32. The summed E-state index contributed by atoms with van der Waals surface area (Å²) in [6.07, 6.45) is 7.79. The van der Waals surface area contributed by atoms with Crippen LogP contribution in [0.15, 0.2) is 60.2 Å². The zero-order valence-corrected chi connectivity index (χ0v) is 22.2. The summed E-state index contributed by atoms with van der Waals surface area (Å²) >= 11 is 5.99. The first-order chi connectivity index (χ1) is 16.7. The number of amides is 1. The van der Waals surface area contributed by atoms with E-state index < -0.39 is 6.09 Å². The van der Waals surface area contributed by atoms with Crippen LogP contribution in [0.5, 0.6) is 11.5 Å². The predicted molar refractivity (Wildman–Crippen MR) is 144 cm³/mol. The Balaban J connectivity index is 1.94. The number of benzene rings is 2. The van der Waals surface area contributed by atoms with Gasteiger partial charge < -0.3 is 14.7 Å². The van der Waals surface area contributed by atoms with Gasteiger partial charge in [0.1, 0.15) is 11.5 Å². The number of hydrogen-bond donors (Lipinski definition) is 1. The Bertz CT molecular complexity index is 1070. The maximum absolute atomic E-state index is 13.1. The lowest BCUT2D eigenvalue weighted by atomic mass is 9.73. The lowest BCUT2D eigenvalue weighted by molar-refractivity contribution is 0.160. The van der Waals surface area contributed by atoms with Crippen molar-refractivity contribution in [2.75, 3.05) is 7.05 Å². The minimum Gasteiger partial charge on any atom is -0.507 e. The monoisotopic (exact) mass is 495 g/mol. The van der Waals surface area contributed by atoms with Gasteiger partial charge in [-0.05, 0) is 80.8 Å². The number of phenols is 1. The third kappa shape index (κ3) is 7.14. The maximum Gasteiger partial charge on any atom is 0.415 e. The molecule has 0 saturated heterocycles. The van der Waals surface area contributed by atoms with Crippen LogP contribution in [-0.2, 0) is 13.0 Å². The fraction of sp³-hybridized carbons (Fsp3) is 0.433. The Morgan fingerprint density at radius 3 is 2.57 bits per heavy atom. The van der Waals surface area contributed by atoms with E-state index >= 15 is 0 Å². The Morgan fingerprint density at radius 2 is 1.91 bits per heavy atom. The van der Waals surface area contributed by atoms with E-state index in [9.17, 15) is 9.90 Å². The zero-order valence-electron chi connectivity index (χ0n) is 21.4. The third-order valence-corrected chi connectivity index (χ3v) is 7.06. The van der Waals surface area contributed by atoms with E-state index in [1.54, 1.807) is 7.05 Å². The van der Waals surface area contributed by atoms with Crippen molar-refractivity contribution in [2.24, 2.45) is 5.92 Å². The molecule has 35 heavy (non-hydrogen) atoms. The van der Waals surface area contributed by atoms with E-state index in [2.05, 4.69) is 26.5 Å². The SMILES string of the molecule is C=C(C)[C@@H]1CCC(C)=C[C@H]1c1c(O)cc(CCCCC)cc1OC(=O)N(C)Cc1ccc(Cl)cc1. The smallest absolute Gasteiger partial charge is 0.415 e. The van der Waals surface area contributed by atoms with Gasteiger partial charge in [-0.3, -0.25) is 0 Å². The van der Waals surface area contributed by atoms with Crippen LogP contribution >= 0.6 is 11.6 Å². The average Bonchev–Trinajstić information content (AvgIpc) is 2.80. The van der Waals surface area contributed by atoms with E-state index in [1.165, 1.54) is 10.5 Å². The minimum absolute atomic E-state index is 0.0877. The highest BCUT2D eigenvalue weighted by atomic mass is 35.5. The van der Waals surface area contributed by atoms with Crippen molar-refractivity contribution in [1.82, 2.24) is 4.90 Å². The lowest BCUT2D eigenvalue weighted by Crippen LogP contribution is -2.30. The fourth-order valence-electron chi connectivity index (χ4n) is 4.82. The van der Waals surface area contributed by atoms with Crippen LogP contribution in [0.2, 0.25) is 5.02 Å². The Hall–Kier alpha value is -2.72. The zero-order chi connectivity index (χ0) is 25.5. The van der Waals surface area contributed by atoms with Gasteiger partial charge in [0.05, 0.1) is 0 Å². The summed E-state index contributed by atoms with van der Waals surface area (Å²) < 4.78 is 5.99. The molecular formula is C30H38ClNO3. The summed E-state index contributed by atoms with van der Waals surface area (Å²) in [4.78, 5) is 14.7. The quantitative estimate of drug-likeness (QED) is 0.280. The number of rotatable bonds is 9. The van der Waals surface area contributed by atoms with Crippen molar-refractivity contribution >= 4 is 17.7 Å². The molecule has 0 aromatic heterocycles. The first-order valence-electron chi connectivity index (χ1n) is 12.6. The molecule has 188 valence electrons. The number of allylic oxidation sites excluding steroid dienone is 3. The van der Waals surface area contributed by atoms with Crippen LogP contribution in [0.25, 0.3) is 0 Å². The van der Waals surface area contributed by atoms with Gasteiger partial charge in [-0.1, -0.05) is 67.3 Å². The van der Waals surface area contributed by atoms with Crippen LogP contribution in [0.4, 0.5) is 4.79 Å². The van der Waals surface area contributed by atoms with Gasteiger partial charge in [0, 0.05) is 30.1 Å². The molecule has 1 aliphatic rings. The molecule has 3 rings (SSSR count). The van der Waals surface area contributed by atoms with Crippen molar-refractivity contribution in [3.63, 3.8) is 0 Å². The molecule has 1 N–H and O–H groups in total. The highest BCUT2D eigenvalue weighted by molar-refractivity contribution is 6.30. The molecule has 2 aromatic carbocycles. The number of ether oxygens (including phenoxy) is 1. The number of nitrogens with zero attached hydrogens (tertiary/aromatic N) is 1. The number of phenolic OH excluding ortho intramolecular Hbond substituents is 1. The minimum atomic E-state index is -0.463. The molecule has 2 atom stereocenters. The van der Waals surface area contributed by atoms with E-state index in [0.717, 1.165) is 55.2 Å². The Morgan fingerprint density at radius 1 is 1.20 bits per heavy atom. The summed E-state index contributed by atoms with van der Waals surface area (Å²) in [5, 5.41) is 11.9. The van der Waals surface area contributed by atoms with Crippen molar-refractivity contribution in [2.45, 2.75) is 71.8 Å². The molecule has 0 unspecified atom stereocenters. The molecule has 0 spiro atoms. The number of carbonyl (C=O) groups excluding carboxylic acids is 1.